The summed E-state index contributed by atoms with van der Waals surface area (Å²) in [4.78, 5) is 17.7. The first-order valence-corrected chi connectivity index (χ1v) is 6.09. The Bertz CT molecular complexity index is 665. The number of aromatic nitrogens is 2. The number of ether oxygens (including phenoxy) is 2. The molecule has 0 saturated heterocycles. The van der Waals surface area contributed by atoms with Crippen LogP contribution < -0.4 is 9.47 Å². The Labute approximate surface area is 123 Å². The van der Waals surface area contributed by atoms with Gasteiger partial charge in [-0.15, -0.1) is 0 Å². The summed E-state index contributed by atoms with van der Waals surface area (Å²) in [5.41, 5.74) is -0.0845. The minimum Gasteiger partial charge on any atom is -0.476 e. The molecule has 0 aliphatic rings. The number of rotatable bonds is 6. The van der Waals surface area contributed by atoms with Gasteiger partial charge in [0.25, 0.3) is 0 Å². The molecule has 0 atom stereocenters. The van der Waals surface area contributed by atoms with Crippen molar-refractivity contribution >= 4 is 5.69 Å². The van der Waals surface area contributed by atoms with Crippen LogP contribution in [0.3, 0.4) is 0 Å². The topological polar surface area (TPSA) is 87.4 Å². The zero-order valence-corrected chi connectivity index (χ0v) is 11.4. The van der Waals surface area contributed by atoms with E-state index in [0.29, 0.717) is 5.56 Å². The van der Waals surface area contributed by atoms with E-state index in [1.807, 2.05) is 0 Å². The molecule has 9 heteroatoms. The largest absolute Gasteiger partial charge is 0.476 e. The summed E-state index contributed by atoms with van der Waals surface area (Å²) in [6, 6.07) is 5.75. The van der Waals surface area contributed by atoms with E-state index in [9.17, 15) is 18.9 Å². The number of benzene rings is 1. The molecule has 2 aromatic rings. The van der Waals surface area contributed by atoms with Crippen molar-refractivity contribution in [2.24, 2.45) is 0 Å². The fourth-order valence-corrected chi connectivity index (χ4v) is 1.71. The first-order valence-electron chi connectivity index (χ1n) is 6.09. The molecule has 2 rings (SSSR count). The minimum atomic E-state index is -2.45. The second kappa shape index (κ2) is 6.74. The van der Waals surface area contributed by atoms with Crippen molar-refractivity contribution in [3.05, 3.63) is 46.3 Å². The summed E-state index contributed by atoms with van der Waals surface area (Å²) in [7, 11) is 1.23. The molecule has 0 radical (unpaired) electrons. The summed E-state index contributed by atoms with van der Waals surface area (Å²) >= 11 is 0. The highest BCUT2D eigenvalue weighted by Gasteiger charge is 2.25. The Kier molecular flexibility index (Phi) is 4.77. The van der Waals surface area contributed by atoms with Crippen LogP contribution in [0.4, 0.5) is 14.5 Å². The number of nitro groups is 1. The Hall–Kier alpha value is -2.84. The lowest BCUT2D eigenvalue weighted by molar-refractivity contribution is -0.387. The third kappa shape index (κ3) is 3.62. The van der Waals surface area contributed by atoms with E-state index in [1.54, 1.807) is 0 Å². The lowest BCUT2D eigenvalue weighted by Crippen LogP contribution is -2.01. The third-order valence-electron chi connectivity index (χ3n) is 2.66. The van der Waals surface area contributed by atoms with E-state index >= 15 is 0 Å². The Balaban J connectivity index is 2.25. The number of hydrogen-bond donors (Lipinski definition) is 0. The van der Waals surface area contributed by atoms with Gasteiger partial charge >= 0.3 is 17.4 Å². The van der Waals surface area contributed by atoms with Crippen molar-refractivity contribution in [1.82, 2.24) is 9.97 Å². The number of alkyl halides is 2. The maximum Gasteiger partial charge on any atom is 0.392 e. The molecule has 22 heavy (non-hydrogen) atoms. The van der Waals surface area contributed by atoms with Crippen LogP contribution in [0.25, 0.3) is 0 Å². The number of nitrogens with zero attached hydrogens (tertiary/aromatic N) is 3. The maximum absolute atomic E-state index is 12.3. The van der Waals surface area contributed by atoms with Crippen LogP contribution in [0.5, 0.6) is 17.5 Å². The van der Waals surface area contributed by atoms with Crippen molar-refractivity contribution in [3.63, 3.8) is 0 Å². The second-order valence-electron chi connectivity index (χ2n) is 4.14. The highest BCUT2D eigenvalue weighted by atomic mass is 19.3. The molecule has 0 unspecified atom stereocenters. The first kappa shape index (κ1) is 15.5. The van der Waals surface area contributed by atoms with Crippen molar-refractivity contribution in [2.75, 3.05) is 7.11 Å². The van der Waals surface area contributed by atoms with E-state index in [1.165, 1.54) is 31.4 Å². The van der Waals surface area contributed by atoms with Gasteiger partial charge in [0.05, 0.1) is 12.0 Å². The van der Waals surface area contributed by atoms with Gasteiger partial charge in [0.2, 0.25) is 6.43 Å². The fourth-order valence-electron chi connectivity index (χ4n) is 1.71. The van der Waals surface area contributed by atoms with Gasteiger partial charge in [-0.25, -0.2) is 8.78 Å². The van der Waals surface area contributed by atoms with Crippen LogP contribution >= 0.6 is 0 Å². The molecule has 0 bridgehead atoms. The van der Waals surface area contributed by atoms with E-state index in [4.69, 9.17) is 9.47 Å². The Morgan fingerprint density at radius 2 is 1.86 bits per heavy atom. The lowest BCUT2D eigenvalue weighted by Gasteiger charge is -2.07. The molecule has 0 N–H and O–H groups in total. The monoisotopic (exact) mass is 311 g/mol. The van der Waals surface area contributed by atoms with Crippen LogP contribution in [0.2, 0.25) is 0 Å². The lowest BCUT2D eigenvalue weighted by atomic mass is 10.1. The molecule has 0 fully saturated rings. The van der Waals surface area contributed by atoms with Gasteiger partial charge in [-0.05, 0) is 17.7 Å². The molecule has 0 spiro atoms. The molecule has 0 aliphatic heterocycles. The van der Waals surface area contributed by atoms with Gasteiger partial charge in [-0.2, -0.15) is 9.97 Å². The van der Waals surface area contributed by atoms with Crippen LogP contribution in [-0.4, -0.2) is 28.4 Å². The van der Waals surface area contributed by atoms with E-state index < -0.39 is 17.0 Å². The van der Waals surface area contributed by atoms with Crippen LogP contribution in [0.15, 0.2) is 30.6 Å². The Morgan fingerprint density at radius 1 is 1.23 bits per heavy atom. The summed E-state index contributed by atoms with van der Waals surface area (Å²) in [6.07, 6.45) is -1.76. The SMILES string of the molecule is COc1ncnc(Oc2ccc(CC(F)F)cc2)c1[N+](=O)[O-]. The molecule has 0 amide bonds. The van der Waals surface area contributed by atoms with Crippen LogP contribution in [-0.2, 0) is 6.42 Å². The average Bonchev–Trinajstić information content (AvgIpc) is 2.48. The highest BCUT2D eigenvalue weighted by molar-refractivity contribution is 5.50. The van der Waals surface area contributed by atoms with Gasteiger partial charge in [-0.1, -0.05) is 12.1 Å². The number of halogens is 2. The summed E-state index contributed by atoms with van der Waals surface area (Å²) in [5, 5.41) is 11.0. The minimum absolute atomic E-state index is 0.224. The Morgan fingerprint density at radius 3 is 2.41 bits per heavy atom. The van der Waals surface area contributed by atoms with Crippen LogP contribution in [0, 0.1) is 10.1 Å². The molecule has 7 nitrogen and oxygen atoms in total. The van der Waals surface area contributed by atoms with Crippen molar-refractivity contribution in [3.8, 4) is 17.5 Å². The summed E-state index contributed by atoms with van der Waals surface area (Å²) in [5.74, 6) is -0.301. The highest BCUT2D eigenvalue weighted by Crippen LogP contribution is 2.35. The molecule has 0 saturated carbocycles. The van der Waals surface area contributed by atoms with E-state index in [-0.39, 0.29) is 23.9 Å². The first-order chi connectivity index (χ1) is 10.5. The average molecular weight is 311 g/mol. The second-order valence-corrected chi connectivity index (χ2v) is 4.14. The third-order valence-corrected chi connectivity index (χ3v) is 2.66. The van der Waals surface area contributed by atoms with E-state index in [2.05, 4.69) is 9.97 Å². The molecular formula is C13H11F2N3O4. The van der Waals surface area contributed by atoms with Gasteiger partial charge in [0.15, 0.2) is 0 Å². The predicted molar refractivity (Wildman–Crippen MR) is 71.5 cm³/mol. The van der Waals surface area contributed by atoms with Crippen LogP contribution in [0.1, 0.15) is 5.56 Å². The summed E-state index contributed by atoms with van der Waals surface area (Å²) in [6.45, 7) is 0. The van der Waals surface area contributed by atoms with Crippen molar-refractivity contribution in [2.45, 2.75) is 12.8 Å². The maximum atomic E-state index is 12.3. The standard InChI is InChI=1S/C13H11F2N3O4/c1-21-12-11(18(19)20)13(17-7-16-12)22-9-4-2-8(3-5-9)6-10(14)15/h2-5,7,10H,6H2,1H3. The van der Waals surface area contributed by atoms with Gasteiger partial charge < -0.3 is 9.47 Å². The zero-order chi connectivity index (χ0) is 16.1. The molecular weight excluding hydrogens is 300 g/mol. The zero-order valence-electron chi connectivity index (χ0n) is 11.4. The van der Waals surface area contributed by atoms with Crippen molar-refractivity contribution in [1.29, 1.82) is 0 Å². The van der Waals surface area contributed by atoms with Crippen molar-refractivity contribution < 1.29 is 23.2 Å². The van der Waals surface area contributed by atoms with Gasteiger partial charge in [0, 0.05) is 6.42 Å². The molecule has 1 aromatic carbocycles. The van der Waals surface area contributed by atoms with E-state index in [0.717, 1.165) is 6.33 Å². The molecule has 116 valence electrons. The fraction of sp³-hybridized carbons (Fsp3) is 0.231. The molecule has 1 aromatic heterocycles. The normalized spacial score (nSPS) is 10.5. The molecule has 0 aliphatic carbocycles. The smallest absolute Gasteiger partial charge is 0.392 e. The summed E-state index contributed by atoms with van der Waals surface area (Å²) < 4.78 is 34.6. The van der Waals surface area contributed by atoms with Gasteiger partial charge in [0.1, 0.15) is 12.1 Å². The number of hydrogen-bond acceptors (Lipinski definition) is 6. The van der Waals surface area contributed by atoms with Gasteiger partial charge in [-0.3, -0.25) is 10.1 Å². The quantitative estimate of drug-likeness (QED) is 0.602. The predicted octanol–water partition coefficient (Wildman–Crippen LogP) is 2.99. The molecule has 1 heterocycles. The number of methoxy groups -OCH3 is 1.